The molecule has 1 aromatic carbocycles. The summed E-state index contributed by atoms with van der Waals surface area (Å²) >= 11 is 0. The van der Waals surface area contributed by atoms with Gasteiger partial charge in [-0.3, -0.25) is 0 Å². The van der Waals surface area contributed by atoms with Crippen LogP contribution in [-0.2, 0) is 6.42 Å². The largest absolute Gasteiger partial charge is 0.484 e. The predicted molar refractivity (Wildman–Crippen MR) is 80.4 cm³/mol. The van der Waals surface area contributed by atoms with Crippen molar-refractivity contribution in [3.05, 3.63) is 29.3 Å². The molecule has 0 heterocycles. The maximum atomic E-state index is 14.1. The Balaban J connectivity index is 2.03. The highest BCUT2D eigenvalue weighted by atomic mass is 19.1. The minimum absolute atomic E-state index is 0.0731. The third-order valence-electron chi connectivity index (χ3n) is 4.27. The second kappa shape index (κ2) is 7.21. The zero-order chi connectivity index (χ0) is 15.4. The first-order chi connectivity index (χ1) is 9.99. The first-order valence-electron chi connectivity index (χ1n) is 7.89. The van der Waals surface area contributed by atoms with Crippen molar-refractivity contribution in [2.24, 2.45) is 11.7 Å². The van der Waals surface area contributed by atoms with Gasteiger partial charge in [0.25, 0.3) is 0 Å². The van der Waals surface area contributed by atoms with Crippen LogP contribution in [0.1, 0.15) is 51.5 Å². The summed E-state index contributed by atoms with van der Waals surface area (Å²) in [6, 6.07) is 2.54. The number of nitrogens with two attached hydrogens (primary N) is 1. The quantitative estimate of drug-likeness (QED) is 0.884. The summed E-state index contributed by atoms with van der Waals surface area (Å²) < 4.78 is 33.7. The van der Waals surface area contributed by atoms with Crippen LogP contribution in [0.15, 0.2) is 12.1 Å². The molecule has 21 heavy (non-hydrogen) atoms. The molecule has 0 spiro atoms. The molecule has 1 fully saturated rings. The van der Waals surface area contributed by atoms with Crippen LogP contribution in [-0.4, -0.2) is 12.1 Å². The second-order valence-electron chi connectivity index (χ2n) is 6.24. The topological polar surface area (TPSA) is 35.2 Å². The Labute approximate surface area is 125 Å². The number of ether oxygens (including phenoxy) is 1. The first kappa shape index (κ1) is 16.2. The van der Waals surface area contributed by atoms with Crippen LogP contribution in [0, 0.1) is 17.6 Å². The van der Waals surface area contributed by atoms with E-state index in [4.69, 9.17) is 10.5 Å². The van der Waals surface area contributed by atoms with E-state index in [1.165, 1.54) is 18.6 Å². The van der Waals surface area contributed by atoms with Crippen LogP contribution in [0.5, 0.6) is 5.75 Å². The molecule has 1 aliphatic rings. The molecule has 1 unspecified atom stereocenters. The third-order valence-corrected chi connectivity index (χ3v) is 4.27. The van der Waals surface area contributed by atoms with E-state index in [-0.39, 0.29) is 17.9 Å². The van der Waals surface area contributed by atoms with Crippen molar-refractivity contribution < 1.29 is 13.5 Å². The van der Waals surface area contributed by atoms with Gasteiger partial charge in [0.1, 0.15) is 0 Å². The molecule has 0 saturated heterocycles. The highest BCUT2D eigenvalue weighted by Crippen LogP contribution is 2.32. The summed E-state index contributed by atoms with van der Waals surface area (Å²) in [6.45, 7) is 3.99. The number of halogens is 2. The van der Waals surface area contributed by atoms with Gasteiger partial charge < -0.3 is 10.5 Å². The summed E-state index contributed by atoms with van der Waals surface area (Å²) in [5.41, 5.74) is 6.23. The smallest absolute Gasteiger partial charge is 0.191 e. The lowest BCUT2D eigenvalue weighted by molar-refractivity contribution is 0.119. The molecule has 0 radical (unpaired) electrons. The summed E-state index contributed by atoms with van der Waals surface area (Å²) in [5, 5.41) is 0. The van der Waals surface area contributed by atoms with Crippen molar-refractivity contribution in [1.82, 2.24) is 0 Å². The fourth-order valence-corrected chi connectivity index (χ4v) is 3.04. The minimum atomic E-state index is -0.622. The number of benzene rings is 1. The number of hydrogen-bond donors (Lipinski definition) is 1. The predicted octanol–water partition coefficient (Wildman–Crippen LogP) is 4.20. The molecule has 1 aliphatic carbocycles. The summed E-state index contributed by atoms with van der Waals surface area (Å²) in [7, 11) is 0. The molecule has 0 aliphatic heterocycles. The van der Waals surface area contributed by atoms with E-state index < -0.39 is 11.6 Å². The van der Waals surface area contributed by atoms with Gasteiger partial charge in [0, 0.05) is 6.04 Å². The SMILES string of the molecule is CCC1CCC(Oc2c(F)cc(CC(C)N)cc2F)CC1. The van der Waals surface area contributed by atoms with Crippen molar-refractivity contribution in [1.29, 1.82) is 0 Å². The van der Waals surface area contributed by atoms with E-state index in [0.717, 1.165) is 31.6 Å². The van der Waals surface area contributed by atoms with E-state index in [1.807, 2.05) is 6.92 Å². The highest BCUT2D eigenvalue weighted by molar-refractivity contribution is 5.32. The van der Waals surface area contributed by atoms with Crippen molar-refractivity contribution in [3.63, 3.8) is 0 Å². The molecular weight excluding hydrogens is 272 g/mol. The Hall–Kier alpha value is -1.16. The Morgan fingerprint density at radius 1 is 1.19 bits per heavy atom. The molecule has 4 heteroatoms. The number of hydrogen-bond acceptors (Lipinski definition) is 2. The maximum Gasteiger partial charge on any atom is 0.191 e. The first-order valence-corrected chi connectivity index (χ1v) is 7.89. The minimum Gasteiger partial charge on any atom is -0.484 e. The summed E-state index contributed by atoms with van der Waals surface area (Å²) in [6.07, 6.45) is 5.45. The molecule has 1 atom stereocenters. The van der Waals surface area contributed by atoms with Crippen molar-refractivity contribution >= 4 is 0 Å². The lowest BCUT2D eigenvalue weighted by Gasteiger charge is -2.28. The zero-order valence-electron chi connectivity index (χ0n) is 12.9. The Morgan fingerprint density at radius 2 is 1.76 bits per heavy atom. The molecule has 1 saturated carbocycles. The molecule has 2 nitrogen and oxygen atoms in total. The molecule has 2 N–H and O–H groups in total. The van der Waals surface area contributed by atoms with Gasteiger partial charge >= 0.3 is 0 Å². The van der Waals surface area contributed by atoms with E-state index in [0.29, 0.717) is 12.0 Å². The van der Waals surface area contributed by atoms with E-state index in [2.05, 4.69) is 6.92 Å². The molecule has 0 aromatic heterocycles. The van der Waals surface area contributed by atoms with Crippen LogP contribution >= 0.6 is 0 Å². The fraction of sp³-hybridized carbons (Fsp3) is 0.647. The lowest BCUT2D eigenvalue weighted by atomic mass is 9.86. The van der Waals surface area contributed by atoms with Gasteiger partial charge in [0.2, 0.25) is 0 Å². The summed E-state index contributed by atoms with van der Waals surface area (Å²) in [5.74, 6) is -0.747. The molecule has 118 valence electrons. The molecule has 0 amide bonds. The van der Waals surface area contributed by atoms with Crippen LogP contribution in [0.3, 0.4) is 0 Å². The van der Waals surface area contributed by atoms with Crippen LogP contribution in [0.2, 0.25) is 0 Å². The maximum absolute atomic E-state index is 14.1. The average molecular weight is 297 g/mol. The molecule has 2 rings (SSSR count). The van der Waals surface area contributed by atoms with Crippen molar-refractivity contribution in [2.45, 2.75) is 64.5 Å². The number of rotatable bonds is 5. The molecule has 1 aromatic rings. The van der Waals surface area contributed by atoms with Gasteiger partial charge in [0.05, 0.1) is 6.10 Å². The second-order valence-corrected chi connectivity index (χ2v) is 6.24. The van der Waals surface area contributed by atoms with Gasteiger partial charge in [-0.1, -0.05) is 13.3 Å². The monoisotopic (exact) mass is 297 g/mol. The van der Waals surface area contributed by atoms with E-state index >= 15 is 0 Å². The van der Waals surface area contributed by atoms with Gasteiger partial charge in [-0.15, -0.1) is 0 Å². The fourth-order valence-electron chi connectivity index (χ4n) is 3.04. The van der Waals surface area contributed by atoms with Crippen LogP contribution < -0.4 is 10.5 Å². The highest BCUT2D eigenvalue weighted by Gasteiger charge is 2.24. The zero-order valence-corrected chi connectivity index (χ0v) is 12.9. The standard InChI is InChI=1S/C17H25F2NO/c1-3-12-4-6-14(7-5-12)21-17-15(18)9-13(8-11(2)20)10-16(17)19/h9-12,14H,3-8,20H2,1-2H3. The third kappa shape index (κ3) is 4.40. The Morgan fingerprint density at radius 3 is 2.24 bits per heavy atom. The Bertz CT molecular complexity index is 445. The van der Waals surface area contributed by atoms with E-state index in [1.54, 1.807) is 0 Å². The average Bonchev–Trinajstić information content (AvgIpc) is 2.43. The van der Waals surface area contributed by atoms with Gasteiger partial charge in [-0.25, -0.2) is 8.78 Å². The van der Waals surface area contributed by atoms with Crippen molar-refractivity contribution in [3.8, 4) is 5.75 Å². The Kier molecular flexibility index (Phi) is 5.57. The lowest BCUT2D eigenvalue weighted by Crippen LogP contribution is -2.25. The van der Waals surface area contributed by atoms with Gasteiger partial charge in [-0.05, 0) is 62.6 Å². The van der Waals surface area contributed by atoms with Crippen molar-refractivity contribution in [2.75, 3.05) is 0 Å². The molecule has 0 bridgehead atoms. The normalized spacial score (nSPS) is 23.9. The van der Waals surface area contributed by atoms with Crippen LogP contribution in [0.25, 0.3) is 0 Å². The summed E-state index contributed by atoms with van der Waals surface area (Å²) in [4.78, 5) is 0. The van der Waals surface area contributed by atoms with Gasteiger partial charge in [-0.2, -0.15) is 0 Å². The van der Waals surface area contributed by atoms with E-state index in [9.17, 15) is 8.78 Å². The molecular formula is C17H25F2NO. The van der Waals surface area contributed by atoms with Gasteiger partial charge in [0.15, 0.2) is 17.4 Å². The van der Waals surface area contributed by atoms with Crippen LogP contribution in [0.4, 0.5) is 8.78 Å².